The summed E-state index contributed by atoms with van der Waals surface area (Å²) in [7, 11) is 1.86. The van der Waals surface area contributed by atoms with Crippen LogP contribution in [0.5, 0.6) is 5.75 Å². The number of nitrogens with zero attached hydrogens (tertiary/aromatic N) is 3. The summed E-state index contributed by atoms with van der Waals surface area (Å²) in [6.07, 6.45) is -1.22. The van der Waals surface area contributed by atoms with Gasteiger partial charge < -0.3 is 14.6 Å². The molecule has 0 bridgehead atoms. The second-order valence-electron chi connectivity index (χ2n) is 10.4. The summed E-state index contributed by atoms with van der Waals surface area (Å²) in [5.41, 5.74) is 1.99. The number of halogens is 3. The number of alkyl halides is 3. The fourth-order valence-corrected chi connectivity index (χ4v) is 4.03. The van der Waals surface area contributed by atoms with Crippen LogP contribution in [0.15, 0.2) is 61.1 Å². The highest BCUT2D eigenvalue weighted by atomic mass is 19.4. The van der Waals surface area contributed by atoms with Crippen molar-refractivity contribution in [3.63, 3.8) is 0 Å². The molecule has 2 aromatic carbocycles. The average Bonchev–Trinajstić information content (AvgIpc) is 3.34. The highest BCUT2D eigenvalue weighted by Gasteiger charge is 2.33. The lowest BCUT2D eigenvalue weighted by Crippen LogP contribution is -2.48. The first-order valence-electron chi connectivity index (χ1n) is 11.5. The Balaban J connectivity index is 1.82. The van der Waals surface area contributed by atoms with Crippen LogP contribution in [0.3, 0.4) is 0 Å². The van der Waals surface area contributed by atoms with Crippen LogP contribution in [0.4, 0.5) is 13.2 Å². The van der Waals surface area contributed by atoms with Gasteiger partial charge in [0.25, 0.3) is 0 Å². The quantitative estimate of drug-likeness (QED) is 0.361. The topological polar surface area (TPSA) is 61.1 Å². The fraction of sp³-hybridized carbons (Fsp3) is 0.333. The minimum absolute atomic E-state index is 0.0843. The third-order valence-electron chi connectivity index (χ3n) is 5.88. The van der Waals surface area contributed by atoms with Crippen molar-refractivity contribution in [2.24, 2.45) is 7.05 Å². The molecule has 0 atom stereocenters. The van der Waals surface area contributed by atoms with Gasteiger partial charge >= 0.3 is 6.36 Å². The number of carbonyl (C=O) groups excluding carboxylic acids is 1. The summed E-state index contributed by atoms with van der Waals surface area (Å²) in [4.78, 5) is 17.5. The normalized spacial score (nSPS) is 12.7. The van der Waals surface area contributed by atoms with Gasteiger partial charge in [-0.05, 0) is 88.2 Å². The Hall–Kier alpha value is -3.75. The van der Waals surface area contributed by atoms with Gasteiger partial charge in [-0.3, -0.25) is 9.36 Å². The van der Waals surface area contributed by atoms with Gasteiger partial charge in [0.05, 0.1) is 23.0 Å². The van der Waals surface area contributed by atoms with Gasteiger partial charge in [-0.15, -0.1) is 13.2 Å². The minimum atomic E-state index is -4.76. The van der Waals surface area contributed by atoms with Crippen molar-refractivity contribution >= 4 is 16.8 Å². The second kappa shape index (κ2) is 8.72. The zero-order valence-corrected chi connectivity index (χ0v) is 21.1. The molecule has 9 heteroatoms. The smallest absolute Gasteiger partial charge is 0.406 e. The Bertz CT molecular complexity index is 1410. The van der Waals surface area contributed by atoms with Crippen molar-refractivity contribution in [2.45, 2.75) is 51.9 Å². The van der Waals surface area contributed by atoms with Gasteiger partial charge in [-0.1, -0.05) is 6.07 Å². The van der Waals surface area contributed by atoms with Crippen LogP contribution in [0, 0.1) is 0 Å². The number of imidazole rings is 1. The van der Waals surface area contributed by atoms with Crippen molar-refractivity contribution < 1.29 is 22.7 Å². The number of benzene rings is 2. The molecule has 36 heavy (non-hydrogen) atoms. The molecule has 0 spiro atoms. The van der Waals surface area contributed by atoms with E-state index in [1.54, 1.807) is 18.5 Å². The number of aromatic nitrogens is 3. The first kappa shape index (κ1) is 25.3. The summed E-state index contributed by atoms with van der Waals surface area (Å²) in [5.74, 6) is 0.287. The van der Waals surface area contributed by atoms with Gasteiger partial charge in [0, 0.05) is 24.2 Å². The van der Waals surface area contributed by atoms with E-state index in [1.807, 2.05) is 81.3 Å². The summed E-state index contributed by atoms with van der Waals surface area (Å²) in [5, 5.41) is 3.92. The third-order valence-corrected chi connectivity index (χ3v) is 5.88. The molecule has 0 aliphatic heterocycles. The Kier molecular flexibility index (Phi) is 6.14. The summed E-state index contributed by atoms with van der Waals surface area (Å²) >= 11 is 0. The van der Waals surface area contributed by atoms with E-state index in [0.717, 1.165) is 22.2 Å². The molecule has 190 valence electrons. The summed E-state index contributed by atoms with van der Waals surface area (Å²) in [6.45, 7) is 9.58. The fourth-order valence-electron chi connectivity index (χ4n) is 4.03. The van der Waals surface area contributed by atoms with Crippen molar-refractivity contribution in [1.29, 1.82) is 0 Å². The maximum absolute atomic E-state index is 13.0. The third kappa shape index (κ3) is 5.24. The Morgan fingerprint density at radius 1 is 0.972 bits per heavy atom. The SMILES string of the molecule is Cn1cnc(-n2c(-c3ccc(OC(F)(F)F)cc3)cc3cc(C(C)(C)C(=O)NC(C)(C)C)ccc32)c1. The number of fused-ring (bicyclic) bond motifs is 1. The maximum atomic E-state index is 13.0. The van der Waals surface area contributed by atoms with Crippen molar-refractivity contribution in [2.75, 3.05) is 0 Å². The molecule has 0 unspecified atom stereocenters. The highest BCUT2D eigenvalue weighted by Crippen LogP contribution is 2.35. The zero-order valence-electron chi connectivity index (χ0n) is 21.1. The first-order chi connectivity index (χ1) is 16.6. The number of hydrogen-bond donors (Lipinski definition) is 1. The van der Waals surface area contributed by atoms with E-state index >= 15 is 0 Å². The van der Waals surface area contributed by atoms with E-state index in [0.29, 0.717) is 11.4 Å². The molecule has 1 amide bonds. The van der Waals surface area contributed by atoms with Crippen LogP contribution in [0.25, 0.3) is 28.0 Å². The molecule has 0 fully saturated rings. The lowest BCUT2D eigenvalue weighted by Gasteiger charge is -2.30. The van der Waals surface area contributed by atoms with Crippen LogP contribution in [-0.4, -0.2) is 31.9 Å². The van der Waals surface area contributed by atoms with E-state index < -0.39 is 11.8 Å². The van der Waals surface area contributed by atoms with Gasteiger partial charge in [0.15, 0.2) is 5.82 Å². The molecular formula is C27H29F3N4O2. The van der Waals surface area contributed by atoms with Crippen LogP contribution < -0.4 is 10.1 Å². The van der Waals surface area contributed by atoms with Gasteiger partial charge in [-0.2, -0.15) is 0 Å². The minimum Gasteiger partial charge on any atom is -0.406 e. The molecule has 1 N–H and O–H groups in total. The van der Waals surface area contributed by atoms with E-state index in [4.69, 9.17) is 0 Å². The standard InChI is InChI=1S/C27H29F3N4O2/c1-25(2,3)32-24(35)26(4,5)19-9-12-21-18(13-19)14-22(34(21)23-15-33(6)16-31-23)17-7-10-20(11-8-17)36-27(28,29)30/h7-16H,1-6H3,(H,32,35). The number of aryl methyl sites for hydroxylation is 1. The van der Waals surface area contributed by atoms with Crippen LogP contribution in [-0.2, 0) is 17.3 Å². The Labute approximate surface area is 207 Å². The molecule has 0 saturated carbocycles. The average molecular weight is 499 g/mol. The molecule has 2 aromatic heterocycles. The molecule has 6 nitrogen and oxygen atoms in total. The molecule has 4 aromatic rings. The molecule has 0 aliphatic rings. The molecule has 2 heterocycles. The van der Waals surface area contributed by atoms with Crippen molar-refractivity contribution in [3.05, 3.63) is 66.6 Å². The molecular weight excluding hydrogens is 469 g/mol. The van der Waals surface area contributed by atoms with Crippen LogP contribution >= 0.6 is 0 Å². The lowest BCUT2D eigenvalue weighted by molar-refractivity contribution is -0.274. The Morgan fingerprint density at radius 2 is 1.64 bits per heavy atom. The van der Waals surface area contributed by atoms with Crippen molar-refractivity contribution in [1.82, 2.24) is 19.4 Å². The van der Waals surface area contributed by atoms with Crippen molar-refractivity contribution in [3.8, 4) is 22.8 Å². The summed E-state index contributed by atoms with van der Waals surface area (Å²) < 4.78 is 45.6. The number of carbonyl (C=O) groups is 1. The van der Waals surface area contributed by atoms with E-state index in [-0.39, 0.29) is 17.2 Å². The van der Waals surface area contributed by atoms with E-state index in [1.165, 1.54) is 12.1 Å². The summed E-state index contributed by atoms with van der Waals surface area (Å²) in [6, 6.07) is 13.5. The van der Waals surface area contributed by atoms with Crippen LogP contribution in [0.1, 0.15) is 40.2 Å². The largest absolute Gasteiger partial charge is 0.573 e. The Morgan fingerprint density at radius 3 is 2.19 bits per heavy atom. The molecule has 4 rings (SSSR count). The monoisotopic (exact) mass is 498 g/mol. The second-order valence-corrected chi connectivity index (χ2v) is 10.4. The van der Waals surface area contributed by atoms with E-state index in [2.05, 4.69) is 15.0 Å². The molecule has 0 saturated heterocycles. The molecule has 0 aliphatic carbocycles. The van der Waals surface area contributed by atoms with Gasteiger partial charge in [0.2, 0.25) is 5.91 Å². The van der Waals surface area contributed by atoms with Gasteiger partial charge in [-0.25, -0.2) is 4.98 Å². The van der Waals surface area contributed by atoms with Crippen LogP contribution in [0.2, 0.25) is 0 Å². The van der Waals surface area contributed by atoms with E-state index in [9.17, 15) is 18.0 Å². The molecule has 0 radical (unpaired) electrons. The number of rotatable bonds is 5. The zero-order chi connectivity index (χ0) is 26.5. The number of ether oxygens (including phenoxy) is 1. The number of amides is 1. The number of hydrogen-bond acceptors (Lipinski definition) is 3. The van der Waals surface area contributed by atoms with Gasteiger partial charge in [0.1, 0.15) is 5.75 Å². The highest BCUT2D eigenvalue weighted by molar-refractivity contribution is 5.93. The first-order valence-corrected chi connectivity index (χ1v) is 11.5. The number of nitrogens with one attached hydrogen (secondary N) is 1. The predicted molar refractivity (Wildman–Crippen MR) is 133 cm³/mol. The predicted octanol–water partition coefficient (Wildman–Crippen LogP) is 6.12. The lowest BCUT2D eigenvalue weighted by atomic mass is 9.82. The maximum Gasteiger partial charge on any atom is 0.573 e.